The topological polar surface area (TPSA) is 92.5 Å². The van der Waals surface area contributed by atoms with Crippen molar-refractivity contribution in [3.05, 3.63) is 70.5 Å². The van der Waals surface area contributed by atoms with E-state index in [-0.39, 0.29) is 29.2 Å². The van der Waals surface area contributed by atoms with Gasteiger partial charge in [-0.15, -0.1) is 11.3 Å². The highest BCUT2D eigenvalue weighted by atomic mass is 127. The fraction of sp³-hybridized carbons (Fsp3) is 0.231. The number of carbonyl (C=O) groups is 2. The number of fused-ring (bicyclic) bond motifs is 3. The van der Waals surface area contributed by atoms with Crippen LogP contribution in [0.4, 0.5) is 13.2 Å². The van der Waals surface area contributed by atoms with E-state index < -0.39 is 23.8 Å². The predicted octanol–water partition coefficient (Wildman–Crippen LogP) is 6.64. The van der Waals surface area contributed by atoms with Gasteiger partial charge in [0.05, 0.1) is 19.3 Å². The number of alkyl halides is 3. The zero-order valence-electron chi connectivity index (χ0n) is 20.7. The number of carbonyl (C=O) groups excluding carboxylic acids is 2. The summed E-state index contributed by atoms with van der Waals surface area (Å²) in [4.78, 5) is 31.5. The average molecular weight is 701 g/mol. The van der Waals surface area contributed by atoms with E-state index in [1.165, 1.54) is 32.4 Å². The fourth-order valence-corrected chi connectivity index (χ4v) is 5.86. The molecule has 0 bridgehead atoms. The zero-order valence-corrected chi connectivity index (χ0v) is 24.4. The number of ether oxygens (including phenoxy) is 3. The Bertz CT molecular complexity index is 1590. The lowest BCUT2D eigenvalue weighted by Crippen LogP contribution is -2.14. The largest absolute Gasteiger partial charge is 0.493 e. The summed E-state index contributed by atoms with van der Waals surface area (Å²) in [6, 6.07) is 9.05. The molecule has 1 aliphatic rings. The second-order valence-corrected chi connectivity index (χ2v) is 11.8. The Morgan fingerprint density at radius 2 is 1.98 bits per heavy atom. The normalized spacial score (nSPS) is 12.6. The van der Waals surface area contributed by atoms with E-state index in [9.17, 15) is 22.8 Å². The average Bonchev–Trinajstić information content (AvgIpc) is 3.60. The third-order valence-corrected chi connectivity index (χ3v) is 8.65. The number of hydrogen-bond donors (Lipinski definition) is 0. The first-order valence-electron chi connectivity index (χ1n) is 11.7. The summed E-state index contributed by atoms with van der Waals surface area (Å²) in [5.41, 5.74) is 1.20. The molecule has 0 amide bonds. The van der Waals surface area contributed by atoms with Gasteiger partial charge < -0.3 is 14.2 Å². The van der Waals surface area contributed by atoms with E-state index in [1.807, 2.05) is 11.4 Å². The van der Waals surface area contributed by atoms with Crippen molar-refractivity contribution in [1.29, 1.82) is 0 Å². The molecule has 208 valence electrons. The lowest BCUT2D eigenvalue weighted by Gasteiger charge is -2.17. The second kappa shape index (κ2) is 11.8. The van der Waals surface area contributed by atoms with Crippen molar-refractivity contribution in [2.24, 2.45) is 0 Å². The molecule has 0 unspecified atom stereocenters. The van der Waals surface area contributed by atoms with Gasteiger partial charge in [-0.2, -0.15) is 18.3 Å². The number of thiophene rings is 1. The van der Waals surface area contributed by atoms with Crippen molar-refractivity contribution < 1.29 is 37.0 Å². The van der Waals surface area contributed by atoms with Crippen molar-refractivity contribution in [1.82, 2.24) is 14.8 Å². The highest BCUT2D eigenvalue weighted by Gasteiger charge is 2.34. The molecule has 0 aliphatic carbocycles. The Labute approximate surface area is 246 Å². The molecule has 4 aromatic rings. The van der Waals surface area contributed by atoms with Crippen molar-refractivity contribution in [3.63, 3.8) is 0 Å². The minimum absolute atomic E-state index is 0.0444. The molecule has 14 heteroatoms. The molecule has 1 aromatic carbocycles. The number of benzene rings is 1. The van der Waals surface area contributed by atoms with Crippen LogP contribution in [0.5, 0.6) is 5.75 Å². The number of esters is 2. The third-order valence-electron chi connectivity index (χ3n) is 6.02. The van der Waals surface area contributed by atoms with E-state index in [0.29, 0.717) is 30.1 Å². The van der Waals surface area contributed by atoms with Gasteiger partial charge in [-0.05, 0) is 68.5 Å². The van der Waals surface area contributed by atoms with Gasteiger partial charge in [-0.25, -0.2) is 19.3 Å². The summed E-state index contributed by atoms with van der Waals surface area (Å²) in [6.45, 7) is 0.584. The van der Waals surface area contributed by atoms with Crippen LogP contribution in [0.15, 0.2) is 48.0 Å². The molecule has 0 fully saturated rings. The summed E-state index contributed by atoms with van der Waals surface area (Å²) in [7, 11) is 2.65. The smallest absolute Gasteiger partial charge is 0.435 e. The highest BCUT2D eigenvalue weighted by Crippen LogP contribution is 2.43. The summed E-state index contributed by atoms with van der Waals surface area (Å²) < 4.78 is 56.7. The third kappa shape index (κ3) is 5.69. The number of nitrogens with zero attached hydrogens (tertiary/aromatic N) is 3. The van der Waals surface area contributed by atoms with Crippen LogP contribution >= 0.6 is 41.5 Å². The molecule has 5 rings (SSSR count). The molecule has 0 N–H and O–H groups in total. The summed E-state index contributed by atoms with van der Waals surface area (Å²) in [5.74, 6) is -0.406. The molecule has 1 aliphatic heterocycles. The Hall–Kier alpha value is -3.11. The molecule has 3 aromatic heterocycles. The van der Waals surface area contributed by atoms with Gasteiger partial charge in [0.2, 0.25) is 0 Å². The number of methoxy groups -OCH3 is 1. The Balaban J connectivity index is 1.67. The maximum Gasteiger partial charge on any atom is 0.435 e. The van der Waals surface area contributed by atoms with E-state index >= 15 is 0 Å². The predicted molar refractivity (Wildman–Crippen MR) is 152 cm³/mol. The first-order chi connectivity index (χ1) is 19.2. The number of pyridine rings is 1. The molecule has 0 atom stereocenters. The van der Waals surface area contributed by atoms with Crippen LogP contribution in [-0.4, -0.2) is 52.8 Å². The van der Waals surface area contributed by atoms with Crippen molar-refractivity contribution in [3.8, 4) is 33.1 Å². The van der Waals surface area contributed by atoms with E-state index in [2.05, 4.69) is 31.3 Å². The van der Waals surface area contributed by atoms with E-state index in [0.717, 1.165) is 40.1 Å². The molecular weight excluding hydrogens is 682 g/mol. The van der Waals surface area contributed by atoms with Crippen LogP contribution in [0.3, 0.4) is 0 Å². The van der Waals surface area contributed by atoms with E-state index in [1.54, 1.807) is 12.1 Å². The van der Waals surface area contributed by atoms with E-state index in [4.69, 9.17) is 14.2 Å². The van der Waals surface area contributed by atoms with Crippen LogP contribution in [0.25, 0.3) is 27.4 Å². The number of hydrogen-bond acceptors (Lipinski definition) is 9. The van der Waals surface area contributed by atoms with Crippen LogP contribution in [0.1, 0.15) is 32.1 Å². The molecule has 0 spiro atoms. The fourth-order valence-electron chi connectivity index (χ4n) is 4.20. The molecule has 8 nitrogen and oxygen atoms in total. The minimum atomic E-state index is -4.65. The molecule has 4 heterocycles. The minimum Gasteiger partial charge on any atom is -0.493 e. The maximum absolute atomic E-state index is 13.3. The van der Waals surface area contributed by atoms with Gasteiger partial charge in [0.25, 0.3) is 0 Å². The molecule has 0 saturated heterocycles. The van der Waals surface area contributed by atoms with Crippen molar-refractivity contribution in [2.45, 2.75) is 12.6 Å². The summed E-state index contributed by atoms with van der Waals surface area (Å²) in [6.07, 6.45) is -2.87. The monoisotopic (exact) mass is 701 g/mol. The Morgan fingerprint density at radius 3 is 2.70 bits per heavy atom. The van der Waals surface area contributed by atoms with Gasteiger partial charge in [-0.1, -0.05) is 8.93 Å². The number of halogens is 4. The molecule has 40 heavy (non-hydrogen) atoms. The van der Waals surface area contributed by atoms with Gasteiger partial charge >= 0.3 is 18.1 Å². The second-order valence-electron chi connectivity index (χ2n) is 8.42. The molecule has 0 radical (unpaired) electrons. The summed E-state index contributed by atoms with van der Waals surface area (Å²) >= 11 is 3.63. The summed E-state index contributed by atoms with van der Waals surface area (Å²) in [5, 5.41) is 5.51. The zero-order chi connectivity index (χ0) is 28.4. The standard InChI is InChI=1S/C26H19F3IN3O5S2/c1-36-25(35)22-15(2-3-21(31-22)33-7-4-20(32-33)26(27,28)29)16-13-19-18(12-17(16)24(34)38-9-11-40-30)23-14(5-8-37-19)6-10-39-23/h2-4,6-7,10,12-13H,5,8-9,11H2,1H3. The van der Waals surface area contributed by atoms with Gasteiger partial charge in [0, 0.05) is 39.9 Å². The van der Waals surface area contributed by atoms with Crippen LogP contribution < -0.4 is 4.74 Å². The lowest BCUT2D eigenvalue weighted by atomic mass is 9.94. The Kier molecular flexibility index (Phi) is 8.37. The molecular formula is C26H19F3IN3O5S2. The SMILES string of the molecule is COC(=O)c1nc(-n2ccc(C(F)(F)F)n2)ccc1-c1cc2c(cc1C(=O)OCCSI)-c1sccc1CCO2. The van der Waals surface area contributed by atoms with Crippen molar-refractivity contribution in [2.75, 3.05) is 26.1 Å². The quantitative estimate of drug-likeness (QED) is 0.120. The number of aromatic nitrogens is 3. The first-order valence-corrected chi connectivity index (χ1v) is 16.1. The van der Waals surface area contributed by atoms with Gasteiger partial charge in [0.15, 0.2) is 17.2 Å². The van der Waals surface area contributed by atoms with Crippen LogP contribution in [0.2, 0.25) is 0 Å². The van der Waals surface area contributed by atoms with Crippen LogP contribution in [-0.2, 0) is 22.1 Å². The molecule has 0 saturated carbocycles. The maximum atomic E-state index is 13.3. The number of rotatable bonds is 7. The van der Waals surface area contributed by atoms with Crippen molar-refractivity contribution >= 4 is 53.4 Å². The Morgan fingerprint density at radius 1 is 1.15 bits per heavy atom. The lowest BCUT2D eigenvalue weighted by molar-refractivity contribution is -0.141. The van der Waals surface area contributed by atoms with Gasteiger partial charge in [-0.3, -0.25) is 0 Å². The highest BCUT2D eigenvalue weighted by molar-refractivity contribution is 14.2. The van der Waals surface area contributed by atoms with Gasteiger partial charge in [0.1, 0.15) is 12.4 Å². The first kappa shape index (κ1) is 28.4. The van der Waals surface area contributed by atoms with Crippen LogP contribution in [0, 0.1) is 0 Å².